The van der Waals surface area contributed by atoms with Crippen LogP contribution >= 0.6 is 23.4 Å². The SMILES string of the molecule is COc1ccc(COC(=O)CN2C(=O)[C@](Cl)(NC(=O)Cc3ccccc3)[C@H]2SCC(=O)C2CCOCC2)cc1. The highest BCUT2D eigenvalue weighted by molar-refractivity contribution is 8.00. The zero-order chi connectivity index (χ0) is 27.8. The normalized spacial score (nSPS) is 21.1. The van der Waals surface area contributed by atoms with Gasteiger partial charge in [0.25, 0.3) is 5.91 Å². The number of hydrogen-bond donors (Lipinski definition) is 1. The molecule has 1 N–H and O–H groups in total. The summed E-state index contributed by atoms with van der Waals surface area (Å²) in [6.07, 6.45) is 1.32. The Morgan fingerprint density at radius 1 is 1.08 bits per heavy atom. The molecule has 39 heavy (non-hydrogen) atoms. The number of thioether (sulfide) groups is 1. The lowest BCUT2D eigenvalue weighted by Gasteiger charge is -2.51. The summed E-state index contributed by atoms with van der Waals surface area (Å²) in [5, 5.41) is 1.81. The van der Waals surface area contributed by atoms with E-state index in [0.717, 1.165) is 22.9 Å². The van der Waals surface area contributed by atoms with Gasteiger partial charge in [-0.1, -0.05) is 54.1 Å². The molecule has 2 aliphatic heterocycles. The van der Waals surface area contributed by atoms with Gasteiger partial charge < -0.3 is 24.4 Å². The van der Waals surface area contributed by atoms with E-state index in [1.807, 2.05) is 18.2 Å². The largest absolute Gasteiger partial charge is 0.497 e. The van der Waals surface area contributed by atoms with Gasteiger partial charge in [-0.3, -0.25) is 19.2 Å². The number of ether oxygens (including phenoxy) is 3. The van der Waals surface area contributed by atoms with E-state index in [9.17, 15) is 19.2 Å². The Morgan fingerprint density at radius 3 is 2.44 bits per heavy atom. The fourth-order valence-corrected chi connectivity index (χ4v) is 6.26. The molecule has 2 heterocycles. The molecule has 0 aliphatic carbocycles. The van der Waals surface area contributed by atoms with Gasteiger partial charge in [0.15, 0.2) is 0 Å². The molecule has 208 valence electrons. The molecule has 0 spiro atoms. The standard InChI is InChI=1S/C28H31ClN2O7S/c1-36-22-9-7-20(8-10-22)17-38-25(34)16-31-26(35)28(29,30-24(33)15-19-5-3-2-4-6-19)27(31)39-18-23(32)21-11-13-37-14-12-21/h2-10,21,27H,11-18H2,1H3,(H,30,33)/t27-,28+/m1/s1. The van der Waals surface area contributed by atoms with E-state index in [4.69, 9.17) is 25.8 Å². The van der Waals surface area contributed by atoms with E-state index in [0.29, 0.717) is 31.8 Å². The maximum Gasteiger partial charge on any atom is 0.326 e. The van der Waals surface area contributed by atoms with Crippen molar-refractivity contribution in [2.45, 2.75) is 36.2 Å². The van der Waals surface area contributed by atoms with Crippen LogP contribution in [0.15, 0.2) is 54.6 Å². The van der Waals surface area contributed by atoms with Crippen molar-refractivity contribution < 1.29 is 33.4 Å². The zero-order valence-corrected chi connectivity index (χ0v) is 23.2. The van der Waals surface area contributed by atoms with Crippen LogP contribution in [0, 0.1) is 5.92 Å². The number of nitrogens with one attached hydrogen (secondary N) is 1. The number of ketones is 1. The third kappa shape index (κ3) is 7.32. The number of likely N-dealkylation sites (tertiary alicyclic amines) is 1. The average molecular weight is 575 g/mol. The molecule has 2 atom stereocenters. The van der Waals surface area contributed by atoms with Gasteiger partial charge in [0.2, 0.25) is 10.9 Å². The molecule has 0 unspecified atom stereocenters. The molecule has 11 heteroatoms. The molecule has 2 aliphatic rings. The van der Waals surface area contributed by atoms with E-state index in [1.54, 1.807) is 43.5 Å². The number of methoxy groups -OCH3 is 1. The monoisotopic (exact) mass is 574 g/mol. The summed E-state index contributed by atoms with van der Waals surface area (Å²) in [7, 11) is 1.56. The predicted molar refractivity (Wildman–Crippen MR) is 146 cm³/mol. The summed E-state index contributed by atoms with van der Waals surface area (Å²) >= 11 is 7.83. The summed E-state index contributed by atoms with van der Waals surface area (Å²) in [6, 6.07) is 16.1. The van der Waals surface area contributed by atoms with Crippen molar-refractivity contribution in [3.05, 3.63) is 65.7 Å². The highest BCUT2D eigenvalue weighted by Gasteiger charge is 2.62. The van der Waals surface area contributed by atoms with Gasteiger partial charge >= 0.3 is 5.97 Å². The minimum Gasteiger partial charge on any atom is -0.497 e. The molecule has 2 aromatic rings. The number of Topliss-reactive ketones (excluding diaryl/α,β-unsaturated/α-hetero) is 1. The minimum absolute atomic E-state index is 0.0186. The topological polar surface area (TPSA) is 111 Å². The number of esters is 1. The summed E-state index contributed by atoms with van der Waals surface area (Å²) in [4.78, 5) is 50.8. The number of carbonyl (C=O) groups is 4. The van der Waals surface area contributed by atoms with Gasteiger partial charge in [-0.05, 0) is 36.1 Å². The van der Waals surface area contributed by atoms with Crippen molar-refractivity contribution in [2.75, 3.05) is 32.6 Å². The van der Waals surface area contributed by atoms with Crippen LogP contribution < -0.4 is 10.1 Å². The molecule has 0 bridgehead atoms. The number of alkyl halides is 1. The first kappa shape index (κ1) is 28.9. The molecule has 4 rings (SSSR count). The van der Waals surface area contributed by atoms with Crippen LogP contribution in [0.3, 0.4) is 0 Å². The highest BCUT2D eigenvalue weighted by atomic mass is 35.5. The Hall–Kier alpha value is -3.08. The van der Waals surface area contributed by atoms with Gasteiger partial charge in [-0.2, -0.15) is 0 Å². The minimum atomic E-state index is -1.78. The zero-order valence-electron chi connectivity index (χ0n) is 21.6. The van der Waals surface area contributed by atoms with Gasteiger partial charge in [0.05, 0.1) is 19.3 Å². The van der Waals surface area contributed by atoms with E-state index in [1.165, 1.54) is 4.90 Å². The van der Waals surface area contributed by atoms with Crippen LogP contribution in [-0.4, -0.2) is 71.5 Å². The van der Waals surface area contributed by atoms with Crippen LogP contribution in [0.4, 0.5) is 0 Å². The Kier molecular flexibility index (Phi) is 9.88. The third-order valence-electron chi connectivity index (χ3n) is 6.64. The number of carbonyl (C=O) groups excluding carboxylic acids is 4. The van der Waals surface area contributed by atoms with Crippen LogP contribution in [0.2, 0.25) is 0 Å². The second-order valence-corrected chi connectivity index (χ2v) is 11.0. The van der Waals surface area contributed by atoms with E-state index in [-0.39, 0.29) is 37.0 Å². The highest BCUT2D eigenvalue weighted by Crippen LogP contribution is 2.42. The second kappa shape index (κ2) is 13.3. The van der Waals surface area contributed by atoms with E-state index in [2.05, 4.69) is 5.32 Å². The number of hydrogen-bond acceptors (Lipinski definition) is 8. The lowest BCUT2D eigenvalue weighted by atomic mass is 9.96. The average Bonchev–Trinajstić information content (AvgIpc) is 2.96. The molecular weight excluding hydrogens is 544 g/mol. The molecule has 2 amide bonds. The smallest absolute Gasteiger partial charge is 0.326 e. The van der Waals surface area contributed by atoms with Gasteiger partial charge in [0.1, 0.15) is 30.1 Å². The number of β-lactam (4-membered cyclic amide) rings is 1. The lowest BCUT2D eigenvalue weighted by molar-refractivity contribution is -0.161. The van der Waals surface area contributed by atoms with Crippen LogP contribution in [0.5, 0.6) is 5.75 Å². The van der Waals surface area contributed by atoms with Gasteiger partial charge in [-0.25, -0.2) is 0 Å². The Morgan fingerprint density at radius 2 is 1.77 bits per heavy atom. The lowest BCUT2D eigenvalue weighted by Crippen LogP contribution is -2.77. The Bertz CT molecular complexity index is 1170. The molecule has 2 saturated heterocycles. The second-order valence-electron chi connectivity index (χ2n) is 9.38. The fourth-order valence-electron chi connectivity index (χ4n) is 4.44. The fraction of sp³-hybridized carbons (Fsp3) is 0.429. The molecule has 0 radical (unpaired) electrons. The first-order valence-electron chi connectivity index (χ1n) is 12.7. The summed E-state index contributed by atoms with van der Waals surface area (Å²) in [5.41, 5.74) is 1.52. The van der Waals surface area contributed by atoms with E-state index < -0.39 is 28.2 Å². The summed E-state index contributed by atoms with van der Waals surface area (Å²) in [6.45, 7) is 0.722. The molecule has 2 aromatic carbocycles. The van der Waals surface area contributed by atoms with Crippen molar-refractivity contribution in [1.29, 1.82) is 0 Å². The Balaban J connectivity index is 1.39. The van der Waals surface area contributed by atoms with Crippen molar-refractivity contribution in [3.63, 3.8) is 0 Å². The van der Waals surface area contributed by atoms with E-state index >= 15 is 0 Å². The predicted octanol–water partition coefficient (Wildman–Crippen LogP) is 2.93. The first-order chi connectivity index (χ1) is 18.8. The summed E-state index contributed by atoms with van der Waals surface area (Å²) in [5.74, 6) is -1.02. The molecular formula is C28H31ClN2O7S. The van der Waals surface area contributed by atoms with Crippen LogP contribution in [0.25, 0.3) is 0 Å². The van der Waals surface area contributed by atoms with Gasteiger partial charge in [-0.15, -0.1) is 11.8 Å². The maximum atomic E-state index is 13.2. The number of halogens is 1. The quantitative estimate of drug-likeness (QED) is 0.178. The van der Waals surface area contributed by atoms with Crippen molar-refractivity contribution >= 4 is 46.9 Å². The summed E-state index contributed by atoms with van der Waals surface area (Å²) < 4.78 is 15.8. The number of nitrogens with zero attached hydrogens (tertiary/aromatic N) is 1. The number of benzene rings is 2. The first-order valence-corrected chi connectivity index (χ1v) is 14.1. The third-order valence-corrected chi connectivity index (χ3v) is 8.61. The number of amides is 2. The van der Waals surface area contributed by atoms with Crippen LogP contribution in [0.1, 0.15) is 24.0 Å². The molecule has 9 nitrogen and oxygen atoms in total. The number of rotatable bonds is 12. The molecule has 2 fully saturated rings. The Labute approximate surface area is 236 Å². The van der Waals surface area contributed by atoms with Crippen molar-refractivity contribution in [3.8, 4) is 5.75 Å². The maximum absolute atomic E-state index is 13.2. The molecule has 0 aromatic heterocycles. The van der Waals surface area contributed by atoms with Gasteiger partial charge in [0, 0.05) is 19.1 Å². The van der Waals surface area contributed by atoms with Crippen molar-refractivity contribution in [2.24, 2.45) is 5.92 Å². The molecule has 0 saturated carbocycles. The van der Waals surface area contributed by atoms with Crippen LogP contribution in [-0.2, 0) is 41.7 Å². The van der Waals surface area contributed by atoms with Crippen molar-refractivity contribution in [1.82, 2.24) is 10.2 Å².